The van der Waals surface area contributed by atoms with E-state index in [2.05, 4.69) is 0 Å². The third-order valence-corrected chi connectivity index (χ3v) is 4.80. The van der Waals surface area contributed by atoms with Crippen molar-refractivity contribution in [2.24, 2.45) is 0 Å². The molecule has 0 atom stereocenters. The minimum absolute atomic E-state index is 0.0873. The molecule has 0 fully saturated rings. The van der Waals surface area contributed by atoms with Crippen LogP contribution in [0.15, 0.2) is 29.2 Å². The molecule has 0 aliphatic rings. The zero-order valence-electron chi connectivity index (χ0n) is 10.5. The van der Waals surface area contributed by atoms with Gasteiger partial charge in [-0.1, -0.05) is 12.1 Å². The zero-order chi connectivity index (χ0) is 14.0. The van der Waals surface area contributed by atoms with E-state index in [1.807, 2.05) is 0 Å². The molecular weight excluding hydrogens is 250 g/mol. The summed E-state index contributed by atoms with van der Waals surface area (Å²) in [6, 6.07) is 7.69. The molecule has 0 heterocycles. The first-order valence-electron chi connectivity index (χ1n) is 5.34. The Morgan fingerprint density at radius 2 is 1.78 bits per heavy atom. The third kappa shape index (κ3) is 2.90. The fourth-order valence-corrected chi connectivity index (χ4v) is 2.29. The van der Waals surface area contributed by atoms with Gasteiger partial charge < -0.3 is 5.11 Å². The van der Waals surface area contributed by atoms with Crippen LogP contribution in [0.3, 0.4) is 0 Å². The number of phenols is 1. The SMILES string of the molecule is CC(C)(C)S(=O)(=O)/C(C#N)=C/c1ccc(O)cc1. The second-order valence-electron chi connectivity index (χ2n) is 4.83. The van der Waals surface area contributed by atoms with Crippen LogP contribution in [0, 0.1) is 11.3 Å². The normalized spacial score (nSPS) is 13.1. The number of sulfone groups is 1. The Kier molecular flexibility index (Phi) is 3.82. The Balaban J connectivity index is 3.29. The molecule has 0 amide bonds. The molecule has 0 aliphatic heterocycles. The van der Waals surface area contributed by atoms with E-state index in [0.29, 0.717) is 5.56 Å². The van der Waals surface area contributed by atoms with Gasteiger partial charge in [0.15, 0.2) is 9.84 Å². The largest absolute Gasteiger partial charge is 0.508 e. The van der Waals surface area contributed by atoms with Crippen LogP contribution >= 0.6 is 0 Å². The number of hydrogen-bond acceptors (Lipinski definition) is 4. The average Bonchev–Trinajstić information content (AvgIpc) is 2.26. The highest BCUT2D eigenvalue weighted by Crippen LogP contribution is 2.25. The lowest BCUT2D eigenvalue weighted by Crippen LogP contribution is -2.28. The average molecular weight is 265 g/mol. The maximum atomic E-state index is 12.1. The van der Waals surface area contributed by atoms with E-state index in [4.69, 9.17) is 10.4 Å². The van der Waals surface area contributed by atoms with E-state index in [0.717, 1.165) is 0 Å². The summed E-state index contributed by atoms with van der Waals surface area (Å²) < 4.78 is 23.2. The number of rotatable bonds is 2. The lowest BCUT2D eigenvalue weighted by Gasteiger charge is -2.18. The topological polar surface area (TPSA) is 78.2 Å². The highest BCUT2D eigenvalue weighted by atomic mass is 32.2. The molecule has 1 aromatic carbocycles. The molecule has 0 aromatic heterocycles. The number of nitrogens with zero attached hydrogens (tertiary/aromatic N) is 1. The van der Waals surface area contributed by atoms with Crippen LogP contribution in [0.4, 0.5) is 0 Å². The van der Waals surface area contributed by atoms with Gasteiger partial charge in [-0.05, 0) is 44.5 Å². The monoisotopic (exact) mass is 265 g/mol. The first-order valence-corrected chi connectivity index (χ1v) is 6.82. The van der Waals surface area contributed by atoms with Crippen LogP contribution in [0.5, 0.6) is 5.75 Å². The van der Waals surface area contributed by atoms with Gasteiger partial charge in [0.25, 0.3) is 0 Å². The predicted molar refractivity (Wildman–Crippen MR) is 70.4 cm³/mol. The van der Waals surface area contributed by atoms with Crippen molar-refractivity contribution in [3.05, 3.63) is 34.7 Å². The lowest BCUT2D eigenvalue weighted by atomic mass is 10.2. The van der Waals surface area contributed by atoms with Gasteiger partial charge in [-0.15, -0.1) is 0 Å². The van der Waals surface area contributed by atoms with Crippen molar-refractivity contribution in [2.45, 2.75) is 25.5 Å². The molecule has 18 heavy (non-hydrogen) atoms. The molecule has 0 radical (unpaired) electrons. The molecule has 1 aromatic rings. The molecule has 0 spiro atoms. The molecule has 1 N–H and O–H groups in total. The van der Waals surface area contributed by atoms with E-state index in [-0.39, 0.29) is 10.7 Å². The van der Waals surface area contributed by atoms with Crippen LogP contribution in [0.2, 0.25) is 0 Å². The van der Waals surface area contributed by atoms with E-state index in [1.54, 1.807) is 39.0 Å². The third-order valence-electron chi connectivity index (χ3n) is 2.40. The van der Waals surface area contributed by atoms with Crippen molar-refractivity contribution in [1.29, 1.82) is 5.26 Å². The van der Waals surface area contributed by atoms with E-state index < -0.39 is 14.6 Å². The van der Waals surface area contributed by atoms with Crippen molar-refractivity contribution in [2.75, 3.05) is 0 Å². The fraction of sp³-hybridized carbons (Fsp3) is 0.308. The molecule has 4 nitrogen and oxygen atoms in total. The minimum atomic E-state index is -3.66. The number of nitriles is 1. The van der Waals surface area contributed by atoms with E-state index in [1.165, 1.54) is 18.2 Å². The van der Waals surface area contributed by atoms with Gasteiger partial charge in [-0.2, -0.15) is 5.26 Å². The van der Waals surface area contributed by atoms with Crippen molar-refractivity contribution >= 4 is 15.9 Å². The summed E-state index contributed by atoms with van der Waals surface area (Å²) in [6.07, 6.45) is 1.31. The van der Waals surface area contributed by atoms with Gasteiger partial charge in [-0.25, -0.2) is 8.42 Å². The molecule has 0 aliphatic carbocycles. The van der Waals surface area contributed by atoms with Gasteiger partial charge in [0.1, 0.15) is 16.7 Å². The van der Waals surface area contributed by atoms with Gasteiger partial charge in [0.05, 0.1) is 4.75 Å². The first kappa shape index (κ1) is 14.3. The highest BCUT2D eigenvalue weighted by molar-refractivity contribution is 7.97. The number of benzene rings is 1. The summed E-state index contributed by atoms with van der Waals surface area (Å²) in [7, 11) is -3.66. The van der Waals surface area contributed by atoms with Crippen LogP contribution in [-0.2, 0) is 9.84 Å². The Morgan fingerprint density at radius 1 is 1.28 bits per heavy atom. The lowest BCUT2D eigenvalue weighted by molar-refractivity contribution is 0.475. The smallest absolute Gasteiger partial charge is 0.193 e. The van der Waals surface area contributed by atoms with E-state index >= 15 is 0 Å². The van der Waals surface area contributed by atoms with E-state index in [9.17, 15) is 8.42 Å². The molecule has 0 unspecified atom stereocenters. The van der Waals surface area contributed by atoms with Crippen molar-refractivity contribution in [3.8, 4) is 11.8 Å². The summed E-state index contributed by atoms with van der Waals surface area (Å²) in [6.45, 7) is 4.64. The summed E-state index contributed by atoms with van der Waals surface area (Å²) >= 11 is 0. The highest BCUT2D eigenvalue weighted by Gasteiger charge is 2.32. The Bertz CT molecular complexity index is 599. The molecule has 0 saturated carbocycles. The van der Waals surface area contributed by atoms with Gasteiger partial charge >= 0.3 is 0 Å². The Labute approximate surface area is 107 Å². The molecule has 0 saturated heterocycles. The predicted octanol–water partition coefficient (Wildman–Crippen LogP) is 2.47. The van der Waals surface area contributed by atoms with Crippen molar-refractivity contribution < 1.29 is 13.5 Å². The zero-order valence-corrected chi connectivity index (χ0v) is 11.3. The quantitative estimate of drug-likeness (QED) is 0.833. The van der Waals surface area contributed by atoms with Gasteiger partial charge in [0.2, 0.25) is 0 Å². The second-order valence-corrected chi connectivity index (χ2v) is 7.50. The second kappa shape index (κ2) is 4.83. The summed E-state index contributed by atoms with van der Waals surface area (Å²) in [5, 5.41) is 18.1. The van der Waals surface area contributed by atoms with Crippen LogP contribution in [0.25, 0.3) is 6.08 Å². The Morgan fingerprint density at radius 3 is 2.17 bits per heavy atom. The van der Waals surface area contributed by atoms with Gasteiger partial charge in [-0.3, -0.25) is 0 Å². The Hall–Kier alpha value is -1.80. The minimum Gasteiger partial charge on any atom is -0.508 e. The van der Waals surface area contributed by atoms with Gasteiger partial charge in [0, 0.05) is 0 Å². The maximum absolute atomic E-state index is 12.1. The molecular formula is C13H15NO3S. The molecule has 0 bridgehead atoms. The van der Waals surface area contributed by atoms with Crippen molar-refractivity contribution in [1.82, 2.24) is 0 Å². The molecule has 1 rings (SSSR count). The number of allylic oxidation sites excluding steroid dienone is 1. The molecule has 96 valence electrons. The van der Waals surface area contributed by atoms with Crippen LogP contribution in [-0.4, -0.2) is 18.3 Å². The summed E-state index contributed by atoms with van der Waals surface area (Å²) in [5.41, 5.74) is 0.553. The fourth-order valence-electron chi connectivity index (χ4n) is 1.22. The van der Waals surface area contributed by atoms with Crippen molar-refractivity contribution in [3.63, 3.8) is 0 Å². The number of aromatic hydroxyl groups is 1. The summed E-state index contributed by atoms with van der Waals surface area (Å²) in [5.74, 6) is 0.0873. The van der Waals surface area contributed by atoms with Crippen LogP contribution < -0.4 is 0 Å². The molecule has 5 heteroatoms. The van der Waals surface area contributed by atoms with Crippen LogP contribution in [0.1, 0.15) is 26.3 Å². The first-order chi connectivity index (χ1) is 8.18. The standard InChI is InChI=1S/C13H15NO3S/c1-13(2,3)18(16,17)12(9-14)8-10-4-6-11(15)7-5-10/h4-8,15H,1-3H3/b12-8+. The maximum Gasteiger partial charge on any atom is 0.193 e. The summed E-state index contributed by atoms with van der Waals surface area (Å²) in [4.78, 5) is -0.277. The number of phenolic OH excluding ortho intramolecular Hbond substituents is 1. The number of hydrogen-bond donors (Lipinski definition) is 1.